The molecule has 0 atom stereocenters. The summed E-state index contributed by atoms with van der Waals surface area (Å²) in [6, 6.07) is 0. The molecule has 4 nitrogen and oxygen atoms in total. The van der Waals surface area contributed by atoms with E-state index in [2.05, 4.69) is 0 Å². The largest absolute Gasteiger partial charge is 0.317 e. The molecule has 0 aliphatic rings. The number of likely N-dealkylation sites (N-methyl/N-ethyl adjacent to an activating group) is 1. The summed E-state index contributed by atoms with van der Waals surface area (Å²) >= 11 is 0. The van der Waals surface area contributed by atoms with E-state index in [0.717, 1.165) is 5.06 Å². The van der Waals surface area contributed by atoms with Gasteiger partial charge in [-0.3, -0.25) is 0 Å². The van der Waals surface area contributed by atoms with E-state index in [-0.39, 0.29) is 59.1 Å². The van der Waals surface area contributed by atoms with Crippen molar-refractivity contribution < 1.29 is 10.4 Å². The van der Waals surface area contributed by atoms with Crippen molar-refractivity contribution in [2.45, 2.75) is 6.92 Å². The van der Waals surface area contributed by atoms with Gasteiger partial charge in [0.15, 0.2) is 0 Å². The normalized spacial score (nSPS) is 8.40. The standard InChI is InChI=1S/C4H12N2O2.2Na/c1-2-6(8)4-3-5-7;;/h5,7-8H,2-4H2,1H3;;. The fraction of sp³-hybridized carbons (Fsp3) is 1.00. The molecule has 0 bridgehead atoms. The Bertz CT molecular complexity index is 58.5. The first kappa shape index (κ1) is 17.8. The molecule has 6 heteroatoms. The number of hydrogen-bond donors (Lipinski definition) is 3. The fourth-order valence-electron chi connectivity index (χ4n) is 0.337. The van der Waals surface area contributed by atoms with E-state index < -0.39 is 0 Å². The van der Waals surface area contributed by atoms with Crippen molar-refractivity contribution >= 4 is 59.1 Å². The zero-order valence-corrected chi connectivity index (χ0v) is 11.0. The number of nitrogens with one attached hydrogen (secondary N) is 1. The molecule has 0 fully saturated rings. The molecular weight excluding hydrogens is 154 g/mol. The van der Waals surface area contributed by atoms with Gasteiger partial charge in [-0.15, -0.1) is 0 Å². The van der Waals surface area contributed by atoms with Crippen LogP contribution >= 0.6 is 0 Å². The van der Waals surface area contributed by atoms with Gasteiger partial charge in [0.2, 0.25) is 0 Å². The zero-order chi connectivity index (χ0) is 6.41. The molecule has 10 heavy (non-hydrogen) atoms. The van der Waals surface area contributed by atoms with Gasteiger partial charge in [-0.1, -0.05) is 6.92 Å². The van der Waals surface area contributed by atoms with Gasteiger partial charge < -0.3 is 10.4 Å². The van der Waals surface area contributed by atoms with Crippen LogP contribution in [0.15, 0.2) is 0 Å². The third-order valence-electron chi connectivity index (χ3n) is 0.847. The molecule has 0 rings (SSSR count). The number of hydroxylamine groups is 3. The zero-order valence-electron chi connectivity index (χ0n) is 6.96. The van der Waals surface area contributed by atoms with Crippen LogP contribution in [0.4, 0.5) is 0 Å². The van der Waals surface area contributed by atoms with Crippen LogP contribution in [0, 0.1) is 0 Å². The molecule has 52 valence electrons. The molecule has 0 amide bonds. The SMILES string of the molecule is CCN(O)CCNO.[Na].[Na]. The van der Waals surface area contributed by atoms with E-state index in [1.165, 1.54) is 0 Å². The topological polar surface area (TPSA) is 55.7 Å². The minimum Gasteiger partial charge on any atom is -0.317 e. The van der Waals surface area contributed by atoms with Crippen LogP contribution in [0.25, 0.3) is 0 Å². The first-order valence-corrected chi connectivity index (χ1v) is 2.62. The Labute approximate surface area is 105 Å². The molecule has 0 saturated carbocycles. The van der Waals surface area contributed by atoms with Gasteiger partial charge in [-0.25, -0.2) is 5.48 Å². The molecule has 0 aliphatic heterocycles. The van der Waals surface area contributed by atoms with E-state index in [9.17, 15) is 0 Å². The quantitative estimate of drug-likeness (QED) is 0.367. The second-order valence-electron chi connectivity index (χ2n) is 1.45. The molecular formula is C4H12N2Na2O2. The summed E-state index contributed by atoms with van der Waals surface area (Å²) in [5.41, 5.74) is 1.93. The molecule has 0 spiro atoms. The Morgan fingerprint density at radius 1 is 1.40 bits per heavy atom. The fourth-order valence-corrected chi connectivity index (χ4v) is 0.337. The summed E-state index contributed by atoms with van der Waals surface area (Å²) in [5, 5.41) is 17.8. The smallest absolute Gasteiger partial charge is 0.0386 e. The van der Waals surface area contributed by atoms with Gasteiger partial charge in [-0.05, 0) is 0 Å². The summed E-state index contributed by atoms with van der Waals surface area (Å²) in [4.78, 5) is 0. The van der Waals surface area contributed by atoms with Crippen molar-refractivity contribution in [3.05, 3.63) is 0 Å². The molecule has 0 aromatic heterocycles. The average Bonchev–Trinajstić information content (AvgIpc) is 1.83. The van der Waals surface area contributed by atoms with Crippen molar-refractivity contribution in [3.63, 3.8) is 0 Å². The predicted octanol–water partition coefficient (Wildman–Crippen LogP) is -1.09. The Balaban J connectivity index is -0.000000245. The summed E-state index contributed by atoms with van der Waals surface area (Å²) in [6.07, 6.45) is 0. The second-order valence-corrected chi connectivity index (χ2v) is 1.45. The Hall–Kier alpha value is 1.84. The first-order chi connectivity index (χ1) is 3.81. The maximum absolute atomic E-state index is 8.67. The average molecular weight is 166 g/mol. The van der Waals surface area contributed by atoms with Crippen LogP contribution in [0.2, 0.25) is 0 Å². The maximum Gasteiger partial charge on any atom is 0.0386 e. The third kappa shape index (κ3) is 12.5. The van der Waals surface area contributed by atoms with E-state index in [4.69, 9.17) is 10.4 Å². The van der Waals surface area contributed by atoms with Crippen LogP contribution in [-0.4, -0.2) is 94.2 Å². The summed E-state index contributed by atoms with van der Waals surface area (Å²) in [6.45, 7) is 3.26. The van der Waals surface area contributed by atoms with Crippen molar-refractivity contribution in [2.75, 3.05) is 19.6 Å². The molecule has 2 radical (unpaired) electrons. The van der Waals surface area contributed by atoms with Gasteiger partial charge >= 0.3 is 0 Å². The van der Waals surface area contributed by atoms with Crippen molar-refractivity contribution in [2.24, 2.45) is 0 Å². The Kier molecular flexibility index (Phi) is 23.9. The van der Waals surface area contributed by atoms with Crippen molar-refractivity contribution in [1.29, 1.82) is 0 Å². The molecule has 0 heterocycles. The Morgan fingerprint density at radius 2 is 1.90 bits per heavy atom. The summed E-state index contributed by atoms with van der Waals surface area (Å²) in [7, 11) is 0. The second kappa shape index (κ2) is 13.4. The first-order valence-electron chi connectivity index (χ1n) is 2.62. The monoisotopic (exact) mass is 166 g/mol. The van der Waals surface area contributed by atoms with Crippen LogP contribution < -0.4 is 5.48 Å². The van der Waals surface area contributed by atoms with Crippen molar-refractivity contribution in [1.82, 2.24) is 10.5 Å². The predicted molar refractivity (Wildman–Crippen MR) is 40.3 cm³/mol. The van der Waals surface area contributed by atoms with E-state index in [0.29, 0.717) is 19.6 Å². The summed E-state index contributed by atoms with van der Waals surface area (Å²) < 4.78 is 0. The maximum atomic E-state index is 8.67. The van der Waals surface area contributed by atoms with Crippen LogP contribution in [0.3, 0.4) is 0 Å². The minimum absolute atomic E-state index is 0. The minimum atomic E-state index is 0. The van der Waals surface area contributed by atoms with Crippen LogP contribution in [0.5, 0.6) is 0 Å². The number of rotatable bonds is 4. The molecule has 0 unspecified atom stereocenters. The van der Waals surface area contributed by atoms with Gasteiger partial charge in [0.1, 0.15) is 0 Å². The number of hydrogen-bond acceptors (Lipinski definition) is 4. The molecule has 0 aliphatic carbocycles. The van der Waals surface area contributed by atoms with Gasteiger partial charge in [0.25, 0.3) is 0 Å². The van der Waals surface area contributed by atoms with Gasteiger partial charge in [0.05, 0.1) is 0 Å². The Morgan fingerprint density at radius 3 is 2.20 bits per heavy atom. The molecule has 0 aromatic carbocycles. The number of nitrogens with zero attached hydrogens (tertiary/aromatic N) is 1. The van der Waals surface area contributed by atoms with Gasteiger partial charge in [0, 0.05) is 78.7 Å². The molecule has 0 saturated heterocycles. The van der Waals surface area contributed by atoms with Crippen LogP contribution in [-0.2, 0) is 0 Å². The van der Waals surface area contributed by atoms with E-state index in [1.807, 2.05) is 12.4 Å². The van der Waals surface area contributed by atoms with Crippen molar-refractivity contribution in [3.8, 4) is 0 Å². The molecule has 3 N–H and O–H groups in total. The van der Waals surface area contributed by atoms with Crippen LogP contribution in [0.1, 0.15) is 6.92 Å². The van der Waals surface area contributed by atoms with Gasteiger partial charge in [-0.2, -0.15) is 5.06 Å². The van der Waals surface area contributed by atoms with E-state index in [1.54, 1.807) is 0 Å². The third-order valence-corrected chi connectivity index (χ3v) is 0.847. The summed E-state index contributed by atoms with van der Waals surface area (Å²) in [5.74, 6) is 0. The van der Waals surface area contributed by atoms with E-state index >= 15 is 0 Å². The molecule has 0 aromatic rings.